The molecular weight excluding hydrogens is 915 g/mol. The van der Waals surface area contributed by atoms with Crippen molar-refractivity contribution in [1.82, 2.24) is 16.0 Å². The molecule has 3 amide bonds. The van der Waals surface area contributed by atoms with Crippen molar-refractivity contribution in [2.45, 2.75) is 193 Å². The summed E-state index contributed by atoms with van der Waals surface area (Å²) in [6.45, 7) is 1.50. The molecule has 20 nitrogen and oxygen atoms in total. The number of carboxylic acids is 4. The largest absolute Gasteiger partial charge is 0.481 e. The molecule has 0 heterocycles. The maximum atomic E-state index is 12.5. The number of Topliss-reactive ketones (excluding diaryl/α,β-unsaturated/α-hetero) is 3. The van der Waals surface area contributed by atoms with E-state index < -0.39 is 79.0 Å². The van der Waals surface area contributed by atoms with Crippen LogP contribution in [0, 0.1) is 17.8 Å². The van der Waals surface area contributed by atoms with E-state index in [1.807, 2.05) is 6.92 Å². The first-order chi connectivity index (χ1) is 33.5. The molecule has 0 radical (unpaired) electrons. The lowest BCUT2D eigenvalue weighted by Crippen LogP contribution is -2.42. The molecule has 0 aliphatic heterocycles. The van der Waals surface area contributed by atoms with Gasteiger partial charge in [0.1, 0.15) is 25.0 Å². The van der Waals surface area contributed by atoms with E-state index in [1.165, 1.54) is 32.1 Å². The molecule has 0 fully saturated rings. The number of unbranched alkanes of at least 4 members (excludes halogenated alkanes) is 14. The first kappa shape index (κ1) is 65.2. The number of aliphatic hydroxyl groups is 1. The number of aliphatic hydroxyl groups excluding tert-OH is 1. The number of rotatable bonds is 50. The maximum absolute atomic E-state index is 12.5. The lowest BCUT2D eigenvalue weighted by molar-refractivity contribution is -0.145. The fourth-order valence-electron chi connectivity index (χ4n) is 7.78. The highest BCUT2D eigenvalue weighted by Gasteiger charge is 2.26. The molecule has 0 aromatic rings. The molecule has 0 aliphatic rings. The summed E-state index contributed by atoms with van der Waals surface area (Å²) in [5, 5.41) is 54.0. The first-order valence-electron chi connectivity index (χ1n) is 25.6. The van der Waals surface area contributed by atoms with Gasteiger partial charge < -0.3 is 51.0 Å². The lowest BCUT2D eigenvalue weighted by atomic mass is 9.94. The van der Waals surface area contributed by atoms with E-state index in [9.17, 15) is 63.3 Å². The van der Waals surface area contributed by atoms with Crippen molar-refractivity contribution in [3.8, 4) is 0 Å². The van der Waals surface area contributed by atoms with Crippen molar-refractivity contribution in [2.24, 2.45) is 17.8 Å². The zero-order chi connectivity index (χ0) is 52.4. The molecular formula is C50H85N3O17. The van der Waals surface area contributed by atoms with E-state index in [0.717, 1.165) is 51.4 Å². The van der Waals surface area contributed by atoms with Gasteiger partial charge in [0.05, 0.1) is 31.7 Å². The number of aliphatic carboxylic acids is 4. The minimum absolute atomic E-state index is 0.0156. The second-order valence-electron chi connectivity index (χ2n) is 18.1. The monoisotopic (exact) mass is 1000 g/mol. The number of ketones is 3. The molecule has 0 spiro atoms. The molecule has 0 saturated carbocycles. The average molecular weight is 1000 g/mol. The number of amides is 3. The number of carbonyl (C=O) groups excluding carboxylic acids is 6. The zero-order valence-corrected chi connectivity index (χ0v) is 41.7. The van der Waals surface area contributed by atoms with Crippen molar-refractivity contribution in [3.05, 3.63) is 0 Å². The van der Waals surface area contributed by atoms with Crippen LogP contribution >= 0.6 is 0 Å². The van der Waals surface area contributed by atoms with E-state index in [-0.39, 0.29) is 101 Å². The molecule has 20 heteroatoms. The third-order valence-electron chi connectivity index (χ3n) is 12.1. The normalized spacial score (nSPS) is 12.8. The summed E-state index contributed by atoms with van der Waals surface area (Å²) in [4.78, 5) is 119. The van der Waals surface area contributed by atoms with Gasteiger partial charge in [-0.1, -0.05) is 90.4 Å². The van der Waals surface area contributed by atoms with Gasteiger partial charge in [-0.3, -0.25) is 43.2 Å². The van der Waals surface area contributed by atoms with Crippen LogP contribution in [-0.4, -0.2) is 137 Å². The second kappa shape index (κ2) is 43.0. The quantitative estimate of drug-likeness (QED) is 0.0346. The fraction of sp³-hybridized carbons (Fsp3) is 0.800. The molecule has 8 N–H and O–H groups in total. The summed E-state index contributed by atoms with van der Waals surface area (Å²) < 4.78 is 10.7. The Morgan fingerprint density at radius 1 is 0.443 bits per heavy atom. The molecule has 0 saturated heterocycles. The minimum Gasteiger partial charge on any atom is -0.481 e. The number of nitrogens with one attached hydrogen (secondary N) is 3. The van der Waals surface area contributed by atoms with Gasteiger partial charge in [-0.25, -0.2) is 4.79 Å². The van der Waals surface area contributed by atoms with Crippen LogP contribution in [-0.2, 0) is 57.4 Å². The summed E-state index contributed by atoms with van der Waals surface area (Å²) in [5.74, 6) is -9.42. The summed E-state index contributed by atoms with van der Waals surface area (Å²) in [6, 6.07) is -1.40. The van der Waals surface area contributed by atoms with Crippen molar-refractivity contribution in [3.63, 3.8) is 0 Å². The Bertz CT molecular complexity index is 1560. The van der Waals surface area contributed by atoms with Gasteiger partial charge in [0.2, 0.25) is 17.7 Å². The van der Waals surface area contributed by atoms with Gasteiger partial charge in [-0.15, -0.1) is 0 Å². The van der Waals surface area contributed by atoms with Crippen LogP contribution in [0.25, 0.3) is 0 Å². The Balaban J connectivity index is 4.14. The van der Waals surface area contributed by atoms with Gasteiger partial charge >= 0.3 is 23.9 Å². The summed E-state index contributed by atoms with van der Waals surface area (Å²) in [5.41, 5.74) is 0. The van der Waals surface area contributed by atoms with Crippen LogP contribution in [0.3, 0.4) is 0 Å². The van der Waals surface area contributed by atoms with Crippen molar-refractivity contribution < 1.29 is 83.0 Å². The van der Waals surface area contributed by atoms with Gasteiger partial charge in [0.15, 0.2) is 11.6 Å². The van der Waals surface area contributed by atoms with E-state index in [2.05, 4.69) is 16.0 Å². The number of carbonyl (C=O) groups is 10. The van der Waals surface area contributed by atoms with Crippen LogP contribution in [0.1, 0.15) is 187 Å². The highest BCUT2D eigenvalue weighted by atomic mass is 16.5. The Kier molecular flexibility index (Phi) is 40.0. The minimum atomic E-state index is -1.40. The van der Waals surface area contributed by atoms with Crippen LogP contribution in [0.5, 0.6) is 0 Å². The van der Waals surface area contributed by atoms with E-state index in [1.54, 1.807) is 0 Å². The molecule has 0 aromatic carbocycles. The Morgan fingerprint density at radius 3 is 1.41 bits per heavy atom. The second-order valence-corrected chi connectivity index (χ2v) is 18.1. The molecule has 0 unspecified atom stereocenters. The standard InChI is InChI=1S/C50H85N3O17/c1-2-37(43(57)35-54)19-17-18-28-51-45(59)27-24-42(50(67)68)53-46(60)26-23-39(49(65)66)34-41(56)36-70-32-31-69-30-29-52-44(58)25-22-38(48(63)64)33-40(55)20-15-13-11-9-7-5-3-4-6-8-10-12-14-16-21-47(61)62/h37-39,42,54H,2-36H2,1H3,(H,51,59)(H,52,58)(H,53,60)(H,61,62)(H,63,64)(H,65,66)(H,67,68)/t37-,38+,39+,42-/m0/s1. The van der Waals surface area contributed by atoms with E-state index in [0.29, 0.717) is 45.1 Å². The maximum Gasteiger partial charge on any atom is 0.326 e. The lowest BCUT2D eigenvalue weighted by Gasteiger charge is -2.16. The van der Waals surface area contributed by atoms with Crippen LogP contribution < -0.4 is 16.0 Å². The van der Waals surface area contributed by atoms with E-state index in [4.69, 9.17) is 19.7 Å². The SMILES string of the molecule is CC[C@@H](CCCCNC(=O)CC[C@H](NC(=O)CC[C@H](CC(=O)COCCOCCNC(=O)CC[C@H](CC(=O)CCCCCCCCCCCCCCCCC(=O)O)C(=O)O)C(=O)O)C(=O)O)C(=O)CO. The molecule has 70 heavy (non-hydrogen) atoms. The predicted octanol–water partition coefficient (Wildman–Crippen LogP) is 5.57. The van der Waals surface area contributed by atoms with Crippen LogP contribution in [0.2, 0.25) is 0 Å². The molecule has 0 rings (SSSR count). The van der Waals surface area contributed by atoms with Crippen molar-refractivity contribution in [1.29, 1.82) is 0 Å². The number of ether oxygens (including phenoxy) is 2. The molecule has 0 aliphatic carbocycles. The van der Waals surface area contributed by atoms with Gasteiger partial charge in [0, 0.05) is 64.0 Å². The number of hydrogen-bond donors (Lipinski definition) is 8. The van der Waals surface area contributed by atoms with Gasteiger partial charge in [0.25, 0.3) is 0 Å². The highest BCUT2D eigenvalue weighted by molar-refractivity contribution is 5.87. The number of hydrogen-bond acceptors (Lipinski definition) is 13. The molecule has 4 atom stereocenters. The third kappa shape index (κ3) is 38.0. The van der Waals surface area contributed by atoms with Crippen molar-refractivity contribution in [2.75, 3.05) is 46.1 Å². The summed E-state index contributed by atoms with van der Waals surface area (Å²) >= 11 is 0. The topological polar surface area (TPSA) is 326 Å². The average Bonchev–Trinajstić information content (AvgIpc) is 3.31. The third-order valence-corrected chi connectivity index (χ3v) is 12.1. The fourth-order valence-corrected chi connectivity index (χ4v) is 7.78. The predicted molar refractivity (Wildman–Crippen MR) is 258 cm³/mol. The van der Waals surface area contributed by atoms with Crippen LogP contribution in [0.15, 0.2) is 0 Å². The van der Waals surface area contributed by atoms with Crippen molar-refractivity contribution >= 4 is 58.9 Å². The number of carboxylic acid groups (broad SMARTS) is 4. The zero-order valence-electron chi connectivity index (χ0n) is 41.7. The Hall–Kier alpha value is -4.82. The summed E-state index contributed by atoms with van der Waals surface area (Å²) in [7, 11) is 0. The highest BCUT2D eigenvalue weighted by Crippen LogP contribution is 2.18. The van der Waals surface area contributed by atoms with Crippen LogP contribution in [0.4, 0.5) is 0 Å². The Labute approximate surface area is 413 Å². The van der Waals surface area contributed by atoms with E-state index >= 15 is 0 Å². The summed E-state index contributed by atoms with van der Waals surface area (Å²) in [6.07, 6.45) is 16.3. The molecule has 402 valence electrons. The van der Waals surface area contributed by atoms with Gasteiger partial charge in [-0.2, -0.15) is 0 Å². The van der Waals surface area contributed by atoms with Gasteiger partial charge in [-0.05, 0) is 51.4 Å². The smallest absolute Gasteiger partial charge is 0.326 e. The molecule has 0 bridgehead atoms. The Morgan fingerprint density at radius 2 is 0.914 bits per heavy atom. The molecule has 0 aromatic heterocycles. The first-order valence-corrected chi connectivity index (χ1v) is 25.6.